The number of benzene rings is 2. The maximum absolute atomic E-state index is 12.4. The molecular formula is C16H18N2O4S2. The van der Waals surface area contributed by atoms with E-state index in [1.807, 2.05) is 24.5 Å². The lowest BCUT2D eigenvalue weighted by atomic mass is 10.2. The van der Waals surface area contributed by atoms with Gasteiger partial charge in [-0.2, -0.15) is 0 Å². The topological polar surface area (TPSA) is 75.7 Å². The molecule has 0 aromatic heterocycles. The van der Waals surface area contributed by atoms with Gasteiger partial charge in [0.15, 0.2) is 0 Å². The van der Waals surface area contributed by atoms with Crippen LogP contribution in [0.1, 0.15) is 10.4 Å². The zero-order valence-electron chi connectivity index (χ0n) is 13.5. The van der Waals surface area contributed by atoms with Crippen molar-refractivity contribution in [1.29, 1.82) is 0 Å². The van der Waals surface area contributed by atoms with Gasteiger partial charge >= 0.3 is 0 Å². The summed E-state index contributed by atoms with van der Waals surface area (Å²) in [5.74, 6) is -0.384. The predicted molar refractivity (Wildman–Crippen MR) is 94.6 cm³/mol. The van der Waals surface area contributed by atoms with Crippen LogP contribution in [0.2, 0.25) is 0 Å². The SMILES string of the molecule is CON(C)S(=O)(=O)c1cccc(C(=O)Nc2cccc(SC)c2)c1. The monoisotopic (exact) mass is 366 g/mol. The Bertz CT molecular complexity index is 837. The zero-order valence-corrected chi connectivity index (χ0v) is 15.1. The van der Waals surface area contributed by atoms with Crippen LogP contribution in [0.3, 0.4) is 0 Å². The zero-order chi connectivity index (χ0) is 17.7. The minimum Gasteiger partial charge on any atom is -0.322 e. The smallest absolute Gasteiger partial charge is 0.264 e. The van der Waals surface area contributed by atoms with Crippen LogP contribution in [0.15, 0.2) is 58.3 Å². The molecule has 0 saturated heterocycles. The Morgan fingerprint density at radius 2 is 1.88 bits per heavy atom. The standard InChI is InChI=1S/C16H18N2O4S2/c1-18(22-2)24(20,21)15-9-4-6-12(10-15)16(19)17-13-7-5-8-14(11-13)23-3/h4-11H,1-3H3,(H,17,19). The number of hydrogen-bond donors (Lipinski definition) is 1. The molecule has 0 saturated carbocycles. The lowest BCUT2D eigenvalue weighted by Crippen LogP contribution is -2.26. The van der Waals surface area contributed by atoms with Crippen molar-refractivity contribution in [2.24, 2.45) is 0 Å². The molecule has 0 spiro atoms. The summed E-state index contributed by atoms with van der Waals surface area (Å²) >= 11 is 1.57. The van der Waals surface area contributed by atoms with Gasteiger partial charge in [-0.15, -0.1) is 11.8 Å². The third-order valence-corrected chi connectivity index (χ3v) is 5.72. The Morgan fingerprint density at radius 3 is 2.54 bits per heavy atom. The highest BCUT2D eigenvalue weighted by molar-refractivity contribution is 7.98. The fourth-order valence-corrected chi connectivity index (χ4v) is 3.43. The minimum absolute atomic E-state index is 0.0163. The van der Waals surface area contributed by atoms with Crippen molar-refractivity contribution < 1.29 is 18.0 Å². The van der Waals surface area contributed by atoms with Gasteiger partial charge in [-0.05, 0) is 42.7 Å². The number of sulfonamides is 1. The Kier molecular flexibility index (Phi) is 6.00. The Morgan fingerprint density at radius 1 is 1.17 bits per heavy atom. The van der Waals surface area contributed by atoms with Gasteiger partial charge in [-0.3, -0.25) is 9.63 Å². The fraction of sp³-hybridized carbons (Fsp3) is 0.188. The van der Waals surface area contributed by atoms with Crippen molar-refractivity contribution in [2.75, 3.05) is 25.7 Å². The molecule has 0 aliphatic rings. The largest absolute Gasteiger partial charge is 0.322 e. The average molecular weight is 366 g/mol. The molecule has 1 amide bonds. The first-order chi connectivity index (χ1) is 11.4. The van der Waals surface area contributed by atoms with Gasteiger partial charge in [0.1, 0.15) is 0 Å². The van der Waals surface area contributed by atoms with E-state index < -0.39 is 10.0 Å². The van der Waals surface area contributed by atoms with E-state index in [9.17, 15) is 13.2 Å². The van der Waals surface area contributed by atoms with Crippen LogP contribution in [0.4, 0.5) is 5.69 Å². The minimum atomic E-state index is -3.80. The maximum atomic E-state index is 12.4. The highest BCUT2D eigenvalue weighted by Crippen LogP contribution is 2.20. The first kappa shape index (κ1) is 18.5. The van der Waals surface area contributed by atoms with E-state index in [4.69, 9.17) is 4.84 Å². The van der Waals surface area contributed by atoms with Gasteiger partial charge in [-0.1, -0.05) is 16.6 Å². The van der Waals surface area contributed by atoms with Crippen molar-refractivity contribution in [3.8, 4) is 0 Å². The number of rotatable bonds is 6. The molecule has 0 bridgehead atoms. The predicted octanol–water partition coefficient (Wildman–Crippen LogP) is 2.84. The number of carbonyl (C=O) groups is 1. The molecule has 0 aliphatic carbocycles. The van der Waals surface area contributed by atoms with Crippen molar-refractivity contribution in [2.45, 2.75) is 9.79 Å². The molecule has 8 heteroatoms. The second-order valence-electron chi connectivity index (χ2n) is 4.81. The number of amides is 1. The number of nitrogens with one attached hydrogen (secondary N) is 1. The van der Waals surface area contributed by atoms with Crippen LogP contribution in [-0.2, 0) is 14.9 Å². The molecule has 1 N–H and O–H groups in total. The van der Waals surface area contributed by atoms with Gasteiger partial charge in [0, 0.05) is 23.2 Å². The highest BCUT2D eigenvalue weighted by atomic mass is 32.2. The van der Waals surface area contributed by atoms with Crippen LogP contribution in [0.25, 0.3) is 0 Å². The van der Waals surface area contributed by atoms with Crippen LogP contribution >= 0.6 is 11.8 Å². The number of hydroxylamine groups is 1. The summed E-state index contributed by atoms with van der Waals surface area (Å²) < 4.78 is 25.2. The van der Waals surface area contributed by atoms with Crippen LogP contribution in [0, 0.1) is 0 Å². The van der Waals surface area contributed by atoms with E-state index in [0.717, 1.165) is 9.36 Å². The molecule has 0 heterocycles. The lowest BCUT2D eigenvalue weighted by Gasteiger charge is -2.14. The van der Waals surface area contributed by atoms with Gasteiger partial charge in [0.05, 0.1) is 12.0 Å². The Balaban J connectivity index is 2.26. The highest BCUT2D eigenvalue weighted by Gasteiger charge is 2.21. The second-order valence-corrected chi connectivity index (χ2v) is 7.63. The van der Waals surface area contributed by atoms with Crippen molar-refractivity contribution in [3.63, 3.8) is 0 Å². The quantitative estimate of drug-likeness (QED) is 0.628. The molecule has 2 rings (SSSR count). The van der Waals surface area contributed by atoms with Gasteiger partial charge in [0.2, 0.25) is 0 Å². The van der Waals surface area contributed by atoms with E-state index in [0.29, 0.717) is 5.69 Å². The second kappa shape index (κ2) is 7.80. The summed E-state index contributed by atoms with van der Waals surface area (Å²) in [7, 11) is -1.26. The maximum Gasteiger partial charge on any atom is 0.264 e. The molecule has 2 aromatic rings. The normalized spacial score (nSPS) is 11.5. The summed E-state index contributed by atoms with van der Waals surface area (Å²) in [5, 5.41) is 2.76. The van der Waals surface area contributed by atoms with E-state index in [1.54, 1.807) is 23.9 Å². The lowest BCUT2D eigenvalue weighted by molar-refractivity contribution is -0.0258. The Hall–Kier alpha value is -1.87. The van der Waals surface area contributed by atoms with Crippen molar-refractivity contribution >= 4 is 33.4 Å². The molecule has 24 heavy (non-hydrogen) atoms. The molecule has 0 fully saturated rings. The average Bonchev–Trinajstić information content (AvgIpc) is 2.61. The first-order valence-corrected chi connectivity index (χ1v) is 9.63. The first-order valence-electron chi connectivity index (χ1n) is 6.97. The van der Waals surface area contributed by atoms with E-state index in [-0.39, 0.29) is 16.4 Å². The van der Waals surface area contributed by atoms with Crippen molar-refractivity contribution in [1.82, 2.24) is 4.47 Å². The van der Waals surface area contributed by atoms with E-state index in [2.05, 4.69) is 5.32 Å². The number of nitrogens with zero attached hydrogens (tertiary/aromatic N) is 1. The summed E-state index contributed by atoms with van der Waals surface area (Å²) in [6, 6.07) is 13.2. The van der Waals surface area contributed by atoms with Crippen LogP contribution in [0.5, 0.6) is 0 Å². The molecule has 0 radical (unpaired) electrons. The third kappa shape index (κ3) is 4.15. The molecular weight excluding hydrogens is 348 g/mol. The third-order valence-electron chi connectivity index (χ3n) is 3.32. The number of carbonyl (C=O) groups excluding carboxylic acids is 1. The van der Waals surface area contributed by atoms with Gasteiger partial charge in [-0.25, -0.2) is 8.42 Å². The van der Waals surface area contributed by atoms with E-state index in [1.165, 1.54) is 32.4 Å². The number of anilines is 1. The number of thioether (sulfide) groups is 1. The molecule has 2 aromatic carbocycles. The molecule has 0 aliphatic heterocycles. The van der Waals surface area contributed by atoms with Gasteiger partial charge in [0.25, 0.3) is 15.9 Å². The van der Waals surface area contributed by atoms with E-state index >= 15 is 0 Å². The Labute approximate surface area is 145 Å². The summed E-state index contributed by atoms with van der Waals surface area (Å²) in [6.07, 6.45) is 1.95. The fourth-order valence-electron chi connectivity index (χ4n) is 1.95. The van der Waals surface area contributed by atoms with Crippen molar-refractivity contribution in [3.05, 3.63) is 54.1 Å². The molecule has 128 valence electrons. The molecule has 0 unspecified atom stereocenters. The van der Waals surface area contributed by atoms with Crippen LogP contribution in [-0.4, -0.2) is 39.2 Å². The summed E-state index contributed by atoms with van der Waals surface area (Å²) in [5.41, 5.74) is 0.893. The molecule has 6 nitrogen and oxygen atoms in total. The van der Waals surface area contributed by atoms with Crippen LogP contribution < -0.4 is 5.32 Å². The summed E-state index contributed by atoms with van der Waals surface area (Å²) in [4.78, 5) is 18.1. The summed E-state index contributed by atoms with van der Waals surface area (Å²) in [6.45, 7) is 0. The van der Waals surface area contributed by atoms with Gasteiger partial charge < -0.3 is 5.32 Å². The molecule has 0 atom stereocenters. The number of hydrogen-bond acceptors (Lipinski definition) is 5.